The molecule has 2 nitrogen and oxygen atoms in total. The highest BCUT2D eigenvalue weighted by atomic mass is 14.8. The van der Waals surface area contributed by atoms with Gasteiger partial charge in [-0.3, -0.25) is 0 Å². The van der Waals surface area contributed by atoms with Crippen LogP contribution in [0.25, 0.3) is 0 Å². The van der Waals surface area contributed by atoms with Crippen molar-refractivity contribution in [3.05, 3.63) is 29.8 Å². The van der Waals surface area contributed by atoms with Crippen LogP contribution in [-0.2, 0) is 0 Å². The molecule has 3 N–H and O–H groups in total. The first-order chi connectivity index (χ1) is 5.83. The van der Waals surface area contributed by atoms with E-state index in [1.807, 2.05) is 31.3 Å². The molecule has 12 heavy (non-hydrogen) atoms. The van der Waals surface area contributed by atoms with Crippen molar-refractivity contribution < 1.29 is 0 Å². The molecule has 0 spiro atoms. The Morgan fingerprint density at radius 1 is 1.33 bits per heavy atom. The second-order valence-electron chi connectivity index (χ2n) is 2.45. The van der Waals surface area contributed by atoms with E-state index in [0.717, 1.165) is 11.3 Å². The molecule has 0 atom stereocenters. The van der Waals surface area contributed by atoms with Crippen LogP contribution in [0.3, 0.4) is 0 Å². The summed E-state index contributed by atoms with van der Waals surface area (Å²) < 4.78 is 0. The second kappa shape index (κ2) is 4.42. The van der Waals surface area contributed by atoms with E-state index in [2.05, 4.69) is 17.2 Å². The first-order valence-corrected chi connectivity index (χ1v) is 3.82. The van der Waals surface area contributed by atoms with Gasteiger partial charge in [0.2, 0.25) is 0 Å². The van der Waals surface area contributed by atoms with E-state index in [1.54, 1.807) is 0 Å². The quantitative estimate of drug-likeness (QED) is 0.472. The summed E-state index contributed by atoms with van der Waals surface area (Å²) in [7, 11) is 1.87. The van der Waals surface area contributed by atoms with Crippen molar-refractivity contribution in [3.8, 4) is 11.8 Å². The average Bonchev–Trinajstić information content (AvgIpc) is 2.09. The second-order valence-corrected chi connectivity index (χ2v) is 2.45. The van der Waals surface area contributed by atoms with Crippen LogP contribution in [0.1, 0.15) is 5.56 Å². The number of nitrogen functional groups attached to an aromatic ring is 1. The lowest BCUT2D eigenvalue weighted by Gasteiger charge is -1.91. The summed E-state index contributed by atoms with van der Waals surface area (Å²) in [6.07, 6.45) is 0. The molecule has 0 bridgehead atoms. The summed E-state index contributed by atoms with van der Waals surface area (Å²) in [4.78, 5) is 0. The van der Waals surface area contributed by atoms with E-state index in [9.17, 15) is 0 Å². The number of anilines is 1. The fourth-order valence-electron chi connectivity index (χ4n) is 0.801. The molecule has 0 aliphatic rings. The van der Waals surface area contributed by atoms with Crippen LogP contribution in [0.15, 0.2) is 24.3 Å². The minimum absolute atomic E-state index is 0.713. The van der Waals surface area contributed by atoms with Crippen LogP contribution in [0.4, 0.5) is 5.69 Å². The van der Waals surface area contributed by atoms with E-state index in [0.29, 0.717) is 6.54 Å². The lowest BCUT2D eigenvalue weighted by Crippen LogP contribution is -2.04. The number of nitrogens with two attached hydrogens (primary N) is 1. The Balaban J connectivity index is 2.66. The highest BCUT2D eigenvalue weighted by molar-refractivity contribution is 5.44. The number of hydrogen-bond acceptors (Lipinski definition) is 2. The molecular weight excluding hydrogens is 148 g/mol. The first-order valence-electron chi connectivity index (χ1n) is 3.82. The summed E-state index contributed by atoms with van der Waals surface area (Å²) in [5.41, 5.74) is 7.29. The third kappa shape index (κ3) is 2.65. The fraction of sp³-hybridized carbons (Fsp3) is 0.200. The summed E-state index contributed by atoms with van der Waals surface area (Å²) in [6.45, 7) is 0.713. The molecule has 0 saturated carbocycles. The van der Waals surface area contributed by atoms with Gasteiger partial charge in [0.25, 0.3) is 0 Å². The summed E-state index contributed by atoms with van der Waals surface area (Å²) in [6, 6.07) is 7.53. The Morgan fingerprint density at radius 2 is 2.00 bits per heavy atom. The van der Waals surface area contributed by atoms with E-state index in [-0.39, 0.29) is 0 Å². The summed E-state index contributed by atoms with van der Waals surface area (Å²) in [5, 5.41) is 2.95. The van der Waals surface area contributed by atoms with Gasteiger partial charge in [-0.1, -0.05) is 11.8 Å². The van der Waals surface area contributed by atoms with Crippen molar-refractivity contribution in [2.45, 2.75) is 0 Å². The van der Waals surface area contributed by atoms with E-state index < -0.39 is 0 Å². The van der Waals surface area contributed by atoms with Crippen LogP contribution in [-0.4, -0.2) is 13.6 Å². The third-order valence-electron chi connectivity index (χ3n) is 1.41. The SMILES string of the molecule is CNCC#Cc1ccc(N)cc1. The van der Waals surface area contributed by atoms with Crippen molar-refractivity contribution in [1.29, 1.82) is 0 Å². The van der Waals surface area contributed by atoms with Crippen molar-refractivity contribution in [1.82, 2.24) is 5.32 Å². The van der Waals surface area contributed by atoms with Crippen LogP contribution in [0.2, 0.25) is 0 Å². The Hall–Kier alpha value is -1.46. The predicted octanol–water partition coefficient (Wildman–Crippen LogP) is 0.840. The zero-order valence-electron chi connectivity index (χ0n) is 7.09. The van der Waals surface area contributed by atoms with Gasteiger partial charge in [0.05, 0.1) is 6.54 Å². The molecule has 1 aromatic rings. The molecule has 1 rings (SSSR count). The van der Waals surface area contributed by atoms with Crippen LogP contribution < -0.4 is 11.1 Å². The number of rotatable bonds is 1. The molecule has 0 unspecified atom stereocenters. The molecule has 0 radical (unpaired) electrons. The summed E-state index contributed by atoms with van der Waals surface area (Å²) >= 11 is 0. The molecule has 0 amide bonds. The number of nitrogens with one attached hydrogen (secondary N) is 1. The van der Waals surface area contributed by atoms with Gasteiger partial charge in [-0.25, -0.2) is 0 Å². The van der Waals surface area contributed by atoms with Crippen molar-refractivity contribution in [3.63, 3.8) is 0 Å². The molecule has 1 aromatic carbocycles. The highest BCUT2D eigenvalue weighted by Crippen LogP contribution is 2.03. The van der Waals surface area contributed by atoms with Gasteiger partial charge >= 0.3 is 0 Å². The molecule has 2 heteroatoms. The number of benzene rings is 1. The monoisotopic (exact) mass is 160 g/mol. The first kappa shape index (κ1) is 8.63. The molecular formula is C10H12N2. The van der Waals surface area contributed by atoms with Crippen LogP contribution >= 0.6 is 0 Å². The zero-order chi connectivity index (χ0) is 8.81. The molecule has 0 aliphatic heterocycles. The average molecular weight is 160 g/mol. The zero-order valence-corrected chi connectivity index (χ0v) is 7.09. The van der Waals surface area contributed by atoms with Gasteiger partial charge < -0.3 is 11.1 Å². The Bertz CT molecular complexity index is 290. The van der Waals surface area contributed by atoms with Crippen LogP contribution in [0.5, 0.6) is 0 Å². The van der Waals surface area contributed by atoms with Gasteiger partial charge in [-0.05, 0) is 31.3 Å². The molecule has 0 aromatic heterocycles. The van der Waals surface area contributed by atoms with E-state index in [1.165, 1.54) is 0 Å². The van der Waals surface area contributed by atoms with Gasteiger partial charge in [0, 0.05) is 11.3 Å². The molecule has 0 saturated heterocycles. The van der Waals surface area contributed by atoms with Crippen molar-refractivity contribution >= 4 is 5.69 Å². The standard InChI is InChI=1S/C10H12N2/c1-12-8-2-3-9-4-6-10(11)7-5-9/h4-7,12H,8,11H2,1H3. The number of hydrogen-bond donors (Lipinski definition) is 2. The van der Waals surface area contributed by atoms with Gasteiger partial charge in [0.1, 0.15) is 0 Å². The van der Waals surface area contributed by atoms with E-state index in [4.69, 9.17) is 5.73 Å². The maximum atomic E-state index is 5.52. The van der Waals surface area contributed by atoms with E-state index >= 15 is 0 Å². The molecule has 0 fully saturated rings. The maximum Gasteiger partial charge on any atom is 0.0577 e. The van der Waals surface area contributed by atoms with Gasteiger partial charge in [-0.2, -0.15) is 0 Å². The smallest absolute Gasteiger partial charge is 0.0577 e. The Morgan fingerprint density at radius 3 is 2.58 bits per heavy atom. The molecule has 0 heterocycles. The largest absolute Gasteiger partial charge is 0.399 e. The molecule has 62 valence electrons. The lowest BCUT2D eigenvalue weighted by molar-refractivity contribution is 0.938. The van der Waals surface area contributed by atoms with Gasteiger partial charge in [-0.15, -0.1) is 0 Å². The van der Waals surface area contributed by atoms with Crippen LogP contribution in [0, 0.1) is 11.8 Å². The lowest BCUT2D eigenvalue weighted by atomic mass is 10.2. The third-order valence-corrected chi connectivity index (χ3v) is 1.41. The predicted molar refractivity (Wildman–Crippen MR) is 51.7 cm³/mol. The normalized spacial score (nSPS) is 8.75. The molecule has 0 aliphatic carbocycles. The summed E-state index contributed by atoms with van der Waals surface area (Å²) in [5.74, 6) is 5.97. The Kier molecular flexibility index (Phi) is 3.18. The van der Waals surface area contributed by atoms with Gasteiger partial charge in [0.15, 0.2) is 0 Å². The minimum atomic E-state index is 0.713. The Labute approximate surface area is 72.8 Å². The van der Waals surface area contributed by atoms with Crippen molar-refractivity contribution in [2.75, 3.05) is 19.3 Å². The minimum Gasteiger partial charge on any atom is -0.399 e. The van der Waals surface area contributed by atoms with Crippen molar-refractivity contribution in [2.24, 2.45) is 0 Å². The fourth-order valence-corrected chi connectivity index (χ4v) is 0.801. The maximum absolute atomic E-state index is 5.52. The topological polar surface area (TPSA) is 38.0 Å². The highest BCUT2D eigenvalue weighted by Gasteiger charge is 1.84.